The van der Waals surface area contributed by atoms with Crippen molar-refractivity contribution in [2.75, 3.05) is 7.11 Å². The number of primary amides is 1. The van der Waals surface area contributed by atoms with Gasteiger partial charge in [-0.3, -0.25) is 0 Å². The zero-order chi connectivity index (χ0) is 18.2. The van der Waals surface area contributed by atoms with Gasteiger partial charge in [0.1, 0.15) is 6.61 Å². The Bertz CT molecular complexity index is 753. The van der Waals surface area contributed by atoms with Gasteiger partial charge in [-0.15, -0.1) is 0 Å². The largest absolute Gasteiger partial charge is 0.493 e. The number of nitrogens with one attached hydrogen (secondary N) is 1. The minimum Gasteiger partial charge on any atom is -0.493 e. The predicted molar refractivity (Wildman–Crippen MR) is 93.9 cm³/mol. The van der Waals surface area contributed by atoms with E-state index in [1.54, 1.807) is 6.07 Å². The lowest BCUT2D eigenvalue weighted by Crippen LogP contribution is -2.32. The molecule has 0 bridgehead atoms. The SMILES string of the molecule is COc1cc(C=NNC(N)=O)cc(B(O)O)c1OCc1ccccc1. The van der Waals surface area contributed by atoms with Crippen molar-refractivity contribution in [2.45, 2.75) is 6.61 Å². The fraction of sp³-hybridized carbons (Fsp3) is 0.125. The Balaban J connectivity index is 2.30. The average Bonchev–Trinajstić information content (AvgIpc) is 2.60. The molecule has 0 unspecified atom stereocenters. The van der Waals surface area contributed by atoms with Crippen molar-refractivity contribution >= 4 is 24.8 Å². The molecule has 0 saturated heterocycles. The summed E-state index contributed by atoms with van der Waals surface area (Å²) in [4.78, 5) is 10.6. The Kier molecular flexibility index (Phi) is 6.38. The molecule has 0 heterocycles. The van der Waals surface area contributed by atoms with Gasteiger partial charge >= 0.3 is 13.1 Å². The van der Waals surface area contributed by atoms with Crippen molar-refractivity contribution in [2.24, 2.45) is 10.8 Å². The summed E-state index contributed by atoms with van der Waals surface area (Å²) in [6.07, 6.45) is 1.29. The first-order chi connectivity index (χ1) is 12.0. The smallest absolute Gasteiger partial charge is 0.492 e. The second-order valence-corrected chi connectivity index (χ2v) is 5.02. The maximum atomic E-state index is 10.6. The third kappa shape index (κ3) is 5.23. The fourth-order valence-electron chi connectivity index (χ4n) is 2.12. The van der Waals surface area contributed by atoms with Crippen LogP contribution >= 0.6 is 0 Å². The van der Waals surface area contributed by atoms with Crippen LogP contribution in [0.5, 0.6) is 11.5 Å². The Hall–Kier alpha value is -3.04. The molecule has 2 rings (SSSR count). The number of hydrogen-bond donors (Lipinski definition) is 4. The number of nitrogens with zero attached hydrogens (tertiary/aromatic N) is 1. The third-order valence-electron chi connectivity index (χ3n) is 3.22. The van der Waals surface area contributed by atoms with E-state index in [1.165, 1.54) is 19.4 Å². The van der Waals surface area contributed by atoms with E-state index in [-0.39, 0.29) is 17.8 Å². The van der Waals surface area contributed by atoms with Crippen LogP contribution in [0.25, 0.3) is 0 Å². The highest BCUT2D eigenvalue weighted by molar-refractivity contribution is 6.60. The number of hydrazone groups is 1. The Labute approximate surface area is 145 Å². The quantitative estimate of drug-likeness (QED) is 0.319. The number of nitrogens with two attached hydrogens (primary N) is 1. The number of carbonyl (C=O) groups excluding carboxylic acids is 1. The first-order valence-corrected chi connectivity index (χ1v) is 7.34. The molecule has 9 heteroatoms. The molecule has 130 valence electrons. The average molecular weight is 343 g/mol. The maximum Gasteiger partial charge on any atom is 0.492 e. The van der Waals surface area contributed by atoms with Crippen LogP contribution in [-0.4, -0.2) is 36.5 Å². The highest BCUT2D eigenvalue weighted by Gasteiger charge is 2.22. The van der Waals surface area contributed by atoms with E-state index in [4.69, 9.17) is 15.2 Å². The molecule has 0 radical (unpaired) electrons. The van der Waals surface area contributed by atoms with Gasteiger partial charge in [0.25, 0.3) is 0 Å². The second-order valence-electron chi connectivity index (χ2n) is 5.02. The van der Waals surface area contributed by atoms with Gasteiger partial charge in [-0.25, -0.2) is 10.2 Å². The van der Waals surface area contributed by atoms with Crippen LogP contribution < -0.4 is 26.1 Å². The third-order valence-corrected chi connectivity index (χ3v) is 3.22. The van der Waals surface area contributed by atoms with E-state index in [0.717, 1.165) is 5.56 Å². The van der Waals surface area contributed by atoms with Crippen molar-refractivity contribution in [3.63, 3.8) is 0 Å². The lowest BCUT2D eigenvalue weighted by atomic mass is 9.78. The lowest BCUT2D eigenvalue weighted by molar-refractivity contribution is 0.249. The molecule has 0 saturated carbocycles. The van der Waals surface area contributed by atoms with E-state index in [2.05, 4.69) is 10.5 Å². The van der Waals surface area contributed by atoms with Crippen LogP contribution in [0.4, 0.5) is 4.79 Å². The molecule has 0 atom stereocenters. The molecular formula is C16H18BN3O5. The summed E-state index contributed by atoms with van der Waals surface area (Å²) in [7, 11) is -0.349. The molecule has 0 aliphatic heterocycles. The first-order valence-electron chi connectivity index (χ1n) is 7.34. The minimum absolute atomic E-state index is 0.107. The summed E-state index contributed by atoms with van der Waals surface area (Å²) in [5.41, 5.74) is 8.46. The van der Waals surface area contributed by atoms with E-state index in [0.29, 0.717) is 11.3 Å². The van der Waals surface area contributed by atoms with Crippen molar-refractivity contribution in [3.8, 4) is 11.5 Å². The molecule has 0 aliphatic rings. The van der Waals surface area contributed by atoms with Crippen LogP contribution in [0.3, 0.4) is 0 Å². The molecule has 8 nitrogen and oxygen atoms in total. The van der Waals surface area contributed by atoms with E-state index >= 15 is 0 Å². The number of hydrogen-bond acceptors (Lipinski definition) is 6. The zero-order valence-electron chi connectivity index (χ0n) is 13.5. The van der Waals surface area contributed by atoms with E-state index in [1.807, 2.05) is 30.3 Å². The Morgan fingerprint density at radius 3 is 2.64 bits per heavy atom. The van der Waals surface area contributed by atoms with Crippen LogP contribution in [0.1, 0.15) is 11.1 Å². The van der Waals surface area contributed by atoms with Gasteiger partial charge in [-0.2, -0.15) is 5.10 Å². The van der Waals surface area contributed by atoms with Crippen LogP contribution in [0.2, 0.25) is 0 Å². The molecule has 0 fully saturated rings. The number of carbonyl (C=O) groups is 1. The summed E-state index contributed by atoms with van der Waals surface area (Å²) in [5, 5.41) is 22.9. The number of urea groups is 1. The van der Waals surface area contributed by atoms with Gasteiger partial charge in [0.15, 0.2) is 11.5 Å². The van der Waals surface area contributed by atoms with E-state index < -0.39 is 13.1 Å². The topological polar surface area (TPSA) is 126 Å². The van der Waals surface area contributed by atoms with E-state index in [9.17, 15) is 14.8 Å². The Morgan fingerprint density at radius 2 is 2.04 bits per heavy atom. The van der Waals surface area contributed by atoms with Gasteiger partial charge in [0.2, 0.25) is 0 Å². The van der Waals surface area contributed by atoms with Crippen molar-refractivity contribution in [1.29, 1.82) is 0 Å². The molecule has 2 aromatic rings. The monoisotopic (exact) mass is 343 g/mol. The number of methoxy groups -OCH3 is 1. The predicted octanol–water partition coefficient (Wildman–Crippen LogP) is -0.0438. The normalized spacial score (nSPS) is 10.5. The first kappa shape index (κ1) is 18.3. The molecule has 5 N–H and O–H groups in total. The number of benzene rings is 2. The molecule has 2 aromatic carbocycles. The van der Waals surface area contributed by atoms with Gasteiger partial charge in [0.05, 0.1) is 13.3 Å². The number of ether oxygens (including phenoxy) is 2. The van der Waals surface area contributed by atoms with Gasteiger partial charge in [-0.1, -0.05) is 30.3 Å². The molecule has 25 heavy (non-hydrogen) atoms. The van der Waals surface area contributed by atoms with Crippen molar-refractivity contribution in [1.82, 2.24) is 5.43 Å². The molecule has 2 amide bonds. The lowest BCUT2D eigenvalue weighted by Gasteiger charge is -2.16. The van der Waals surface area contributed by atoms with Crippen molar-refractivity contribution in [3.05, 3.63) is 53.6 Å². The molecule has 0 aromatic heterocycles. The van der Waals surface area contributed by atoms with Gasteiger partial charge in [-0.05, 0) is 23.3 Å². The van der Waals surface area contributed by atoms with Gasteiger partial charge < -0.3 is 25.3 Å². The van der Waals surface area contributed by atoms with Crippen LogP contribution in [0.15, 0.2) is 47.6 Å². The summed E-state index contributed by atoms with van der Waals surface area (Å²) in [5.74, 6) is 0.503. The summed E-state index contributed by atoms with van der Waals surface area (Å²) >= 11 is 0. The fourth-order valence-corrected chi connectivity index (χ4v) is 2.12. The molecule has 0 aliphatic carbocycles. The van der Waals surface area contributed by atoms with Crippen molar-refractivity contribution < 1.29 is 24.3 Å². The summed E-state index contributed by atoms with van der Waals surface area (Å²) < 4.78 is 11.0. The summed E-state index contributed by atoms with van der Waals surface area (Å²) in [6.45, 7) is 0.230. The van der Waals surface area contributed by atoms with Gasteiger partial charge in [0, 0.05) is 5.46 Å². The maximum absolute atomic E-state index is 10.6. The zero-order valence-corrected chi connectivity index (χ0v) is 13.5. The van der Waals surface area contributed by atoms with Crippen LogP contribution in [-0.2, 0) is 6.61 Å². The second kappa shape index (κ2) is 8.72. The molecular weight excluding hydrogens is 325 g/mol. The number of rotatable bonds is 7. The Morgan fingerprint density at radius 1 is 1.32 bits per heavy atom. The highest BCUT2D eigenvalue weighted by Crippen LogP contribution is 2.27. The van der Waals surface area contributed by atoms with Crippen LogP contribution in [0, 0.1) is 0 Å². The molecule has 0 spiro atoms. The standard InChI is InChI=1S/C16H18BN3O5/c1-24-14-8-12(9-19-20-16(18)21)7-13(17(22)23)15(14)25-10-11-5-3-2-4-6-11/h2-9,22-23H,10H2,1H3,(H3,18,20,21). The highest BCUT2D eigenvalue weighted by atomic mass is 16.5. The number of amides is 2. The minimum atomic E-state index is -1.78. The summed E-state index contributed by atoms with van der Waals surface area (Å²) in [6, 6.07) is 11.6.